The Morgan fingerprint density at radius 3 is 2.24 bits per heavy atom. The van der Waals surface area contributed by atoms with Crippen LogP contribution >= 0.6 is 11.6 Å². The first kappa shape index (κ1) is 18.2. The van der Waals surface area contributed by atoms with Gasteiger partial charge in [0.2, 0.25) is 0 Å². The molecule has 0 radical (unpaired) electrons. The summed E-state index contributed by atoms with van der Waals surface area (Å²) >= 11 is 6.08. The van der Waals surface area contributed by atoms with Crippen molar-refractivity contribution >= 4 is 17.4 Å². The third kappa shape index (κ3) is 5.84. The number of hydrogen-bond donors (Lipinski definition) is 0. The maximum Gasteiger partial charge on any atom is 0.129 e. The molecule has 1 rings (SSSR count). The van der Waals surface area contributed by atoms with Gasteiger partial charge in [0, 0.05) is 36.6 Å². The van der Waals surface area contributed by atoms with Crippen molar-refractivity contribution in [1.29, 1.82) is 0 Å². The molecule has 120 valence electrons. The van der Waals surface area contributed by atoms with Gasteiger partial charge in [-0.1, -0.05) is 27.7 Å². The summed E-state index contributed by atoms with van der Waals surface area (Å²) in [6.07, 6.45) is 1.12. The summed E-state index contributed by atoms with van der Waals surface area (Å²) in [7, 11) is 4.21. The number of likely N-dealkylation sites (N-methyl/N-ethyl adjacent to an activating group) is 1. The molecule has 0 saturated carbocycles. The summed E-state index contributed by atoms with van der Waals surface area (Å²) in [6.45, 7) is 11.8. The number of alkyl halides is 1. The van der Waals surface area contributed by atoms with Crippen LogP contribution in [0.5, 0.6) is 0 Å². The number of halogens is 1. The minimum absolute atomic E-state index is 0.0379. The normalized spacial score (nSPS) is 12.0. The van der Waals surface area contributed by atoms with E-state index in [1.165, 1.54) is 0 Å². The zero-order valence-electron chi connectivity index (χ0n) is 14.4. The number of hydrogen-bond acceptors (Lipinski definition) is 3. The molecule has 0 aromatic carbocycles. The smallest absolute Gasteiger partial charge is 0.129 e. The van der Waals surface area contributed by atoms with Crippen LogP contribution in [0.3, 0.4) is 0 Å². The Kier molecular flexibility index (Phi) is 6.95. The summed E-state index contributed by atoms with van der Waals surface area (Å²) in [5.41, 5.74) is 2.30. The topological polar surface area (TPSA) is 19.4 Å². The van der Waals surface area contributed by atoms with Crippen LogP contribution in [-0.2, 0) is 11.3 Å². The highest BCUT2D eigenvalue weighted by Crippen LogP contribution is 2.25. The van der Waals surface area contributed by atoms with Gasteiger partial charge in [0.25, 0.3) is 0 Å². The fourth-order valence-electron chi connectivity index (χ4n) is 2.13. The fourth-order valence-corrected chi connectivity index (χ4v) is 2.28. The maximum atomic E-state index is 6.08. The van der Waals surface area contributed by atoms with Crippen molar-refractivity contribution in [3.05, 3.63) is 23.4 Å². The van der Waals surface area contributed by atoms with Crippen molar-refractivity contribution in [2.75, 3.05) is 38.6 Å². The van der Waals surface area contributed by atoms with E-state index in [1.807, 2.05) is 0 Å². The largest absolute Gasteiger partial charge is 0.355 e. The number of rotatable bonds is 7. The van der Waals surface area contributed by atoms with Gasteiger partial charge in [-0.3, -0.25) is 0 Å². The van der Waals surface area contributed by atoms with Crippen LogP contribution in [0.2, 0.25) is 0 Å². The van der Waals surface area contributed by atoms with E-state index in [2.05, 4.69) is 63.7 Å². The van der Waals surface area contributed by atoms with E-state index in [4.69, 9.17) is 16.6 Å². The van der Waals surface area contributed by atoms with E-state index < -0.39 is 0 Å². The zero-order valence-corrected chi connectivity index (χ0v) is 15.2. The Balaban J connectivity index is 3.11. The lowest BCUT2D eigenvalue weighted by atomic mass is 9.91. The zero-order chi connectivity index (χ0) is 16.0. The molecule has 0 aliphatic carbocycles. The van der Waals surface area contributed by atoms with Gasteiger partial charge in [0.15, 0.2) is 0 Å². The number of anilines is 1. The van der Waals surface area contributed by atoms with Crippen LogP contribution in [0.4, 0.5) is 5.82 Å². The van der Waals surface area contributed by atoms with Crippen LogP contribution in [0.15, 0.2) is 12.1 Å². The molecule has 21 heavy (non-hydrogen) atoms. The molecule has 0 saturated heterocycles. The highest BCUT2D eigenvalue weighted by Gasteiger charge is 2.19. The van der Waals surface area contributed by atoms with Crippen molar-refractivity contribution < 1.29 is 0 Å². The molecule has 1 aromatic heterocycles. The van der Waals surface area contributed by atoms with Gasteiger partial charge in [-0.2, -0.15) is 0 Å². The van der Waals surface area contributed by atoms with E-state index >= 15 is 0 Å². The second-order valence-electron chi connectivity index (χ2n) is 6.89. The molecule has 0 N–H and O–H groups in total. The van der Waals surface area contributed by atoms with E-state index in [0.29, 0.717) is 5.88 Å². The van der Waals surface area contributed by atoms with E-state index in [1.54, 1.807) is 0 Å². The maximum absolute atomic E-state index is 6.08. The predicted molar refractivity (Wildman–Crippen MR) is 93.6 cm³/mol. The highest BCUT2D eigenvalue weighted by atomic mass is 35.5. The third-order valence-electron chi connectivity index (χ3n) is 3.43. The average Bonchev–Trinajstić information content (AvgIpc) is 2.41. The van der Waals surface area contributed by atoms with Gasteiger partial charge >= 0.3 is 0 Å². The summed E-state index contributed by atoms with van der Waals surface area (Å²) in [5, 5.41) is 0. The summed E-state index contributed by atoms with van der Waals surface area (Å²) in [6, 6.07) is 4.26. The first-order valence-electron chi connectivity index (χ1n) is 7.75. The van der Waals surface area contributed by atoms with E-state index in [-0.39, 0.29) is 5.41 Å². The first-order valence-corrected chi connectivity index (χ1v) is 8.28. The lowest BCUT2D eigenvalue weighted by molar-refractivity contribution is 0.412. The molecule has 0 aliphatic heterocycles. The molecule has 0 unspecified atom stereocenters. The van der Waals surface area contributed by atoms with Crippen LogP contribution in [0.1, 0.15) is 45.4 Å². The molecule has 0 spiro atoms. The Labute approximate surface area is 135 Å². The quantitative estimate of drug-likeness (QED) is 0.712. The van der Waals surface area contributed by atoms with Crippen LogP contribution in [0.25, 0.3) is 0 Å². The second kappa shape index (κ2) is 8.00. The van der Waals surface area contributed by atoms with Gasteiger partial charge in [-0.05, 0) is 38.2 Å². The monoisotopic (exact) mass is 311 g/mol. The van der Waals surface area contributed by atoms with E-state index in [9.17, 15) is 0 Å². The molecule has 4 heteroatoms. The molecule has 0 amide bonds. The minimum Gasteiger partial charge on any atom is -0.355 e. The molecule has 3 nitrogen and oxygen atoms in total. The SMILES string of the molecule is CCCN(CCN(C)C)c1cc(CCl)cc(C(C)(C)C)n1. The number of pyridine rings is 1. The molecule has 1 heterocycles. The third-order valence-corrected chi connectivity index (χ3v) is 3.74. The van der Waals surface area contributed by atoms with Crippen molar-refractivity contribution in [3.63, 3.8) is 0 Å². The summed E-state index contributed by atoms with van der Waals surface area (Å²) < 4.78 is 0. The molecular weight excluding hydrogens is 282 g/mol. The van der Waals surface area contributed by atoms with Gasteiger partial charge in [-0.25, -0.2) is 4.98 Å². The Morgan fingerprint density at radius 2 is 1.76 bits per heavy atom. The van der Waals surface area contributed by atoms with Gasteiger partial charge in [-0.15, -0.1) is 11.6 Å². The van der Waals surface area contributed by atoms with E-state index in [0.717, 1.165) is 43.1 Å². The predicted octanol–water partition coefficient (Wildman–Crippen LogP) is 3.90. The molecule has 0 atom stereocenters. The average molecular weight is 312 g/mol. The van der Waals surface area contributed by atoms with Crippen molar-refractivity contribution in [3.8, 4) is 0 Å². The molecule has 0 bridgehead atoms. The summed E-state index contributed by atoms with van der Waals surface area (Å²) in [5.74, 6) is 1.59. The lowest BCUT2D eigenvalue weighted by Gasteiger charge is -2.28. The Bertz CT molecular complexity index is 438. The van der Waals surface area contributed by atoms with Crippen molar-refractivity contribution in [2.24, 2.45) is 0 Å². The lowest BCUT2D eigenvalue weighted by Crippen LogP contribution is -2.33. The van der Waals surface area contributed by atoms with Crippen LogP contribution in [-0.4, -0.2) is 43.6 Å². The molecule has 1 aromatic rings. The number of aromatic nitrogens is 1. The first-order chi connectivity index (χ1) is 9.77. The Morgan fingerprint density at radius 1 is 1.10 bits per heavy atom. The van der Waals surface area contributed by atoms with Crippen molar-refractivity contribution in [1.82, 2.24) is 9.88 Å². The summed E-state index contributed by atoms with van der Waals surface area (Å²) in [4.78, 5) is 9.47. The Hall–Kier alpha value is -0.800. The van der Waals surface area contributed by atoms with Gasteiger partial charge in [0.1, 0.15) is 5.82 Å². The van der Waals surface area contributed by atoms with Gasteiger partial charge in [0.05, 0.1) is 0 Å². The van der Waals surface area contributed by atoms with Crippen molar-refractivity contribution in [2.45, 2.75) is 45.4 Å². The standard InChI is InChI=1S/C17H30ClN3/c1-7-8-21(10-9-20(5)6)16-12-14(13-18)11-15(19-16)17(2,3)4/h11-12H,7-10,13H2,1-6H3. The highest BCUT2D eigenvalue weighted by molar-refractivity contribution is 6.17. The second-order valence-corrected chi connectivity index (χ2v) is 7.16. The molecule has 0 aliphatic rings. The molecular formula is C17H30ClN3. The van der Waals surface area contributed by atoms with Crippen LogP contribution < -0.4 is 4.90 Å². The minimum atomic E-state index is 0.0379. The number of nitrogens with zero attached hydrogens (tertiary/aromatic N) is 3. The fraction of sp³-hybridized carbons (Fsp3) is 0.706. The van der Waals surface area contributed by atoms with Gasteiger partial charge < -0.3 is 9.80 Å². The molecule has 0 fully saturated rings. The van der Waals surface area contributed by atoms with Crippen LogP contribution in [0, 0.1) is 0 Å².